The summed E-state index contributed by atoms with van der Waals surface area (Å²) in [5.41, 5.74) is 4.71. The van der Waals surface area contributed by atoms with Gasteiger partial charge in [0.15, 0.2) is 0 Å². The molecule has 0 saturated carbocycles. The van der Waals surface area contributed by atoms with Crippen LogP contribution < -0.4 is 10.6 Å². The first-order valence-electron chi connectivity index (χ1n) is 7.10. The van der Waals surface area contributed by atoms with Crippen molar-refractivity contribution in [1.82, 2.24) is 4.98 Å². The van der Waals surface area contributed by atoms with Gasteiger partial charge in [0.25, 0.3) is 5.91 Å². The Morgan fingerprint density at radius 2 is 1.90 bits per heavy atom. The second-order valence-electron chi connectivity index (χ2n) is 5.19. The summed E-state index contributed by atoms with van der Waals surface area (Å²) < 4.78 is 0. The van der Waals surface area contributed by atoms with Crippen molar-refractivity contribution in [3.05, 3.63) is 52.7 Å². The summed E-state index contributed by atoms with van der Waals surface area (Å²) in [5.74, 6) is 0.449. The molecule has 0 unspecified atom stereocenters. The summed E-state index contributed by atoms with van der Waals surface area (Å²) in [6.07, 6.45) is 0. The zero-order valence-electron chi connectivity index (χ0n) is 12.9. The maximum Gasteiger partial charge on any atom is 0.256 e. The third kappa shape index (κ3) is 3.81. The molecule has 110 valence electrons. The summed E-state index contributed by atoms with van der Waals surface area (Å²) in [6.45, 7) is 8.80. The van der Waals surface area contributed by atoms with Gasteiger partial charge in [-0.2, -0.15) is 0 Å². The largest absolute Gasteiger partial charge is 0.385 e. The lowest BCUT2D eigenvalue weighted by Crippen LogP contribution is -2.14. The molecule has 1 heterocycles. The summed E-state index contributed by atoms with van der Waals surface area (Å²) >= 11 is 0. The van der Waals surface area contributed by atoms with E-state index in [9.17, 15) is 4.79 Å². The van der Waals surface area contributed by atoms with Gasteiger partial charge < -0.3 is 10.6 Å². The SMILES string of the molecule is CCNc1ccc(C(=O)Nc2cc(C)cc(C)n2)cc1C. The quantitative estimate of drug-likeness (QED) is 0.899. The number of benzene rings is 1. The van der Waals surface area contributed by atoms with Gasteiger partial charge >= 0.3 is 0 Å². The second-order valence-corrected chi connectivity index (χ2v) is 5.19. The Morgan fingerprint density at radius 3 is 2.52 bits per heavy atom. The average molecular weight is 283 g/mol. The van der Waals surface area contributed by atoms with Crippen LogP contribution in [-0.4, -0.2) is 17.4 Å². The molecule has 0 spiro atoms. The van der Waals surface area contributed by atoms with E-state index >= 15 is 0 Å². The van der Waals surface area contributed by atoms with E-state index < -0.39 is 0 Å². The maximum absolute atomic E-state index is 12.3. The van der Waals surface area contributed by atoms with Crippen LogP contribution in [-0.2, 0) is 0 Å². The highest BCUT2D eigenvalue weighted by Crippen LogP contribution is 2.17. The number of carbonyl (C=O) groups is 1. The number of rotatable bonds is 4. The topological polar surface area (TPSA) is 54.0 Å². The fourth-order valence-electron chi connectivity index (χ4n) is 2.29. The molecule has 1 amide bonds. The molecule has 0 radical (unpaired) electrons. The van der Waals surface area contributed by atoms with E-state index in [0.29, 0.717) is 11.4 Å². The summed E-state index contributed by atoms with van der Waals surface area (Å²) in [7, 11) is 0. The maximum atomic E-state index is 12.3. The molecule has 0 saturated heterocycles. The predicted molar refractivity (Wildman–Crippen MR) is 87.0 cm³/mol. The van der Waals surface area contributed by atoms with Crippen molar-refractivity contribution >= 4 is 17.4 Å². The number of aromatic nitrogens is 1. The van der Waals surface area contributed by atoms with Crippen molar-refractivity contribution < 1.29 is 4.79 Å². The van der Waals surface area contributed by atoms with Gasteiger partial charge in [-0.1, -0.05) is 0 Å². The van der Waals surface area contributed by atoms with Crippen LogP contribution in [0.1, 0.15) is 34.1 Å². The Morgan fingerprint density at radius 1 is 1.14 bits per heavy atom. The number of carbonyl (C=O) groups excluding carboxylic acids is 1. The van der Waals surface area contributed by atoms with E-state index in [1.165, 1.54) is 0 Å². The molecule has 2 N–H and O–H groups in total. The molecule has 0 aliphatic heterocycles. The number of nitrogens with one attached hydrogen (secondary N) is 2. The fraction of sp³-hybridized carbons (Fsp3) is 0.294. The number of aryl methyl sites for hydroxylation is 3. The first-order valence-corrected chi connectivity index (χ1v) is 7.10. The average Bonchev–Trinajstić information content (AvgIpc) is 2.40. The number of amides is 1. The lowest BCUT2D eigenvalue weighted by Gasteiger charge is -2.10. The number of anilines is 2. The van der Waals surface area contributed by atoms with E-state index in [4.69, 9.17) is 0 Å². The molecular weight excluding hydrogens is 262 g/mol. The highest BCUT2D eigenvalue weighted by atomic mass is 16.1. The van der Waals surface area contributed by atoms with Crippen molar-refractivity contribution in [2.45, 2.75) is 27.7 Å². The van der Waals surface area contributed by atoms with Crippen LogP contribution in [0, 0.1) is 20.8 Å². The minimum atomic E-state index is -0.140. The minimum Gasteiger partial charge on any atom is -0.385 e. The molecule has 1 aromatic heterocycles. The van der Waals surface area contributed by atoms with Gasteiger partial charge in [-0.15, -0.1) is 0 Å². The van der Waals surface area contributed by atoms with Gasteiger partial charge in [0.2, 0.25) is 0 Å². The fourth-order valence-corrected chi connectivity index (χ4v) is 2.29. The van der Waals surface area contributed by atoms with Crippen LogP contribution >= 0.6 is 0 Å². The number of hydrogen-bond donors (Lipinski definition) is 2. The van der Waals surface area contributed by atoms with Gasteiger partial charge in [0.1, 0.15) is 5.82 Å². The first kappa shape index (κ1) is 15.0. The van der Waals surface area contributed by atoms with E-state index in [2.05, 4.69) is 15.6 Å². The van der Waals surface area contributed by atoms with E-state index in [-0.39, 0.29) is 5.91 Å². The Bertz CT molecular complexity index is 645. The lowest BCUT2D eigenvalue weighted by atomic mass is 10.1. The van der Waals surface area contributed by atoms with Crippen molar-refractivity contribution in [2.24, 2.45) is 0 Å². The van der Waals surface area contributed by atoms with Crippen LogP contribution in [0.4, 0.5) is 11.5 Å². The van der Waals surface area contributed by atoms with Crippen molar-refractivity contribution in [3.8, 4) is 0 Å². The van der Waals surface area contributed by atoms with Crippen LogP contribution in [0.15, 0.2) is 30.3 Å². The third-order valence-electron chi connectivity index (χ3n) is 3.20. The van der Waals surface area contributed by atoms with E-state index in [0.717, 1.165) is 29.1 Å². The summed E-state index contributed by atoms with van der Waals surface area (Å²) in [4.78, 5) is 16.6. The molecular formula is C17H21N3O. The molecule has 4 nitrogen and oxygen atoms in total. The summed E-state index contributed by atoms with van der Waals surface area (Å²) in [6, 6.07) is 9.48. The number of hydrogen-bond acceptors (Lipinski definition) is 3. The number of nitrogens with zero attached hydrogens (tertiary/aromatic N) is 1. The smallest absolute Gasteiger partial charge is 0.256 e. The minimum absolute atomic E-state index is 0.140. The lowest BCUT2D eigenvalue weighted by molar-refractivity contribution is 0.102. The van der Waals surface area contributed by atoms with Gasteiger partial charge in [-0.25, -0.2) is 4.98 Å². The van der Waals surface area contributed by atoms with E-state index in [1.54, 1.807) is 0 Å². The van der Waals surface area contributed by atoms with Gasteiger partial charge in [0.05, 0.1) is 0 Å². The Kier molecular flexibility index (Phi) is 4.58. The second kappa shape index (κ2) is 6.39. The van der Waals surface area contributed by atoms with Gasteiger partial charge in [-0.05, 0) is 69.2 Å². The Labute approximate surface area is 125 Å². The highest BCUT2D eigenvalue weighted by Gasteiger charge is 2.09. The highest BCUT2D eigenvalue weighted by molar-refractivity contribution is 6.04. The molecule has 0 bridgehead atoms. The van der Waals surface area contributed by atoms with Crippen molar-refractivity contribution in [1.29, 1.82) is 0 Å². The van der Waals surface area contributed by atoms with Crippen LogP contribution in [0.2, 0.25) is 0 Å². The molecule has 21 heavy (non-hydrogen) atoms. The van der Waals surface area contributed by atoms with Crippen LogP contribution in [0.5, 0.6) is 0 Å². The molecule has 0 aliphatic carbocycles. The van der Waals surface area contributed by atoms with Gasteiger partial charge in [0, 0.05) is 23.5 Å². The predicted octanol–water partition coefficient (Wildman–Crippen LogP) is 3.69. The number of pyridine rings is 1. The van der Waals surface area contributed by atoms with Crippen LogP contribution in [0.3, 0.4) is 0 Å². The molecule has 0 fully saturated rings. The van der Waals surface area contributed by atoms with Crippen molar-refractivity contribution in [3.63, 3.8) is 0 Å². The molecule has 0 aliphatic rings. The molecule has 4 heteroatoms. The van der Waals surface area contributed by atoms with Gasteiger partial charge in [-0.3, -0.25) is 4.79 Å². The first-order chi connectivity index (χ1) is 9.99. The summed E-state index contributed by atoms with van der Waals surface area (Å²) in [5, 5.41) is 6.11. The monoisotopic (exact) mass is 283 g/mol. The zero-order valence-corrected chi connectivity index (χ0v) is 12.9. The molecule has 2 rings (SSSR count). The molecule has 2 aromatic rings. The van der Waals surface area contributed by atoms with Crippen molar-refractivity contribution in [2.75, 3.05) is 17.2 Å². The zero-order chi connectivity index (χ0) is 15.4. The Balaban J connectivity index is 2.18. The third-order valence-corrected chi connectivity index (χ3v) is 3.20. The molecule has 1 aromatic carbocycles. The van der Waals surface area contributed by atoms with E-state index in [1.807, 2.05) is 58.0 Å². The normalized spacial score (nSPS) is 10.3. The standard InChI is InChI=1S/C17H21N3O/c1-5-18-15-7-6-14(10-12(15)3)17(21)20-16-9-11(2)8-13(4)19-16/h6-10,18H,5H2,1-4H3,(H,19,20,21). The Hall–Kier alpha value is -2.36. The van der Waals surface area contributed by atoms with Crippen LogP contribution in [0.25, 0.3) is 0 Å². The molecule has 0 atom stereocenters.